The van der Waals surface area contributed by atoms with Crippen molar-refractivity contribution in [2.24, 2.45) is 0 Å². The molecule has 0 bridgehead atoms. The Labute approximate surface area is 117 Å². The second kappa shape index (κ2) is 5.61. The fourth-order valence-electron chi connectivity index (χ4n) is 1.28. The van der Waals surface area contributed by atoms with Crippen LogP contribution >= 0.6 is 39.5 Å². The molecule has 0 fully saturated rings. The topological polar surface area (TPSA) is 50.7 Å². The highest BCUT2D eigenvalue weighted by molar-refractivity contribution is 9.10. The molecule has 17 heavy (non-hydrogen) atoms. The lowest BCUT2D eigenvalue weighted by molar-refractivity contribution is 0.986. The van der Waals surface area contributed by atoms with Crippen LogP contribution in [0.2, 0.25) is 0 Å². The second-order valence-electron chi connectivity index (χ2n) is 3.17. The first-order valence-corrected chi connectivity index (χ1v) is 7.01. The van der Waals surface area contributed by atoms with E-state index >= 15 is 0 Å². The van der Waals surface area contributed by atoms with Gasteiger partial charge in [0, 0.05) is 10.7 Å². The molecule has 0 radical (unpaired) electrons. The molecule has 0 atom stereocenters. The summed E-state index contributed by atoms with van der Waals surface area (Å²) in [6, 6.07) is 1.95. The molecule has 7 heteroatoms. The van der Waals surface area contributed by atoms with E-state index < -0.39 is 0 Å². The lowest BCUT2D eigenvalue weighted by atomic mass is 10.3. The third kappa shape index (κ3) is 2.85. The van der Waals surface area contributed by atoms with Gasteiger partial charge in [-0.25, -0.2) is 4.98 Å². The molecular formula is C10H9BrN4S2. The van der Waals surface area contributed by atoms with Crippen LogP contribution in [0.15, 0.2) is 16.7 Å². The van der Waals surface area contributed by atoms with Gasteiger partial charge in [-0.15, -0.1) is 10.2 Å². The van der Waals surface area contributed by atoms with Crippen LogP contribution in [0, 0.1) is 0 Å². The summed E-state index contributed by atoms with van der Waals surface area (Å²) in [7, 11) is 0. The van der Waals surface area contributed by atoms with Crippen molar-refractivity contribution in [2.45, 2.75) is 13.3 Å². The highest BCUT2D eigenvalue weighted by atomic mass is 79.9. The van der Waals surface area contributed by atoms with Crippen LogP contribution in [0.1, 0.15) is 11.9 Å². The lowest BCUT2D eigenvalue weighted by Gasteiger charge is -2.04. The number of hydrogen-bond donors (Lipinski definition) is 1. The molecule has 0 saturated heterocycles. The Hall–Kier alpha value is -0.920. The molecule has 0 aliphatic heterocycles. The molecule has 2 heterocycles. The minimum absolute atomic E-state index is 0.696. The third-order valence-corrected chi connectivity index (χ3v) is 3.70. The van der Waals surface area contributed by atoms with Crippen LogP contribution in [-0.2, 0) is 6.42 Å². The minimum Gasteiger partial charge on any atom is -0.337 e. The van der Waals surface area contributed by atoms with E-state index in [1.165, 1.54) is 5.49 Å². The summed E-state index contributed by atoms with van der Waals surface area (Å²) in [4.78, 5) is 4.26. The average Bonchev–Trinajstić information content (AvgIpc) is 2.80. The SMILES string of the molecule is CCc1nnc(-c2cc(Br)cnc2NC=S)s1. The van der Waals surface area contributed by atoms with Gasteiger partial charge in [-0.2, -0.15) is 0 Å². The fraction of sp³-hybridized carbons (Fsp3) is 0.200. The summed E-state index contributed by atoms with van der Waals surface area (Å²) in [6.45, 7) is 2.06. The maximum Gasteiger partial charge on any atom is 0.151 e. The predicted octanol–water partition coefficient (Wildman–Crippen LogP) is 3.29. The van der Waals surface area contributed by atoms with Crippen molar-refractivity contribution in [3.8, 4) is 10.6 Å². The van der Waals surface area contributed by atoms with Gasteiger partial charge in [0.25, 0.3) is 0 Å². The molecule has 0 aliphatic rings. The van der Waals surface area contributed by atoms with Crippen molar-refractivity contribution >= 4 is 50.8 Å². The van der Waals surface area contributed by atoms with Crippen molar-refractivity contribution in [1.29, 1.82) is 0 Å². The lowest BCUT2D eigenvalue weighted by Crippen LogP contribution is -1.98. The van der Waals surface area contributed by atoms with E-state index in [1.807, 2.05) is 6.07 Å². The number of pyridine rings is 1. The molecule has 1 N–H and O–H groups in total. The van der Waals surface area contributed by atoms with Crippen molar-refractivity contribution in [2.75, 3.05) is 5.32 Å². The number of hydrogen-bond acceptors (Lipinski definition) is 5. The van der Waals surface area contributed by atoms with Crippen molar-refractivity contribution in [3.05, 3.63) is 21.7 Å². The fourth-order valence-corrected chi connectivity index (χ4v) is 2.52. The Kier molecular flexibility index (Phi) is 4.14. The second-order valence-corrected chi connectivity index (χ2v) is 5.38. The van der Waals surface area contributed by atoms with Gasteiger partial charge >= 0.3 is 0 Å². The van der Waals surface area contributed by atoms with Gasteiger partial charge < -0.3 is 5.32 Å². The van der Waals surface area contributed by atoms with Crippen molar-refractivity contribution < 1.29 is 0 Å². The summed E-state index contributed by atoms with van der Waals surface area (Å²) in [5.74, 6) is 0.696. The molecule has 0 spiro atoms. The molecule has 2 aromatic rings. The van der Waals surface area contributed by atoms with Gasteiger partial charge in [-0.1, -0.05) is 30.5 Å². The number of aromatic nitrogens is 3. The molecule has 0 aromatic carbocycles. The number of rotatable bonds is 4. The summed E-state index contributed by atoms with van der Waals surface area (Å²) in [6.07, 6.45) is 2.60. The monoisotopic (exact) mass is 328 g/mol. The molecular weight excluding hydrogens is 320 g/mol. The van der Waals surface area contributed by atoms with E-state index in [0.29, 0.717) is 5.82 Å². The van der Waals surface area contributed by atoms with E-state index in [9.17, 15) is 0 Å². The van der Waals surface area contributed by atoms with E-state index in [0.717, 1.165) is 26.5 Å². The first kappa shape index (κ1) is 12.5. The molecule has 88 valence electrons. The molecule has 0 saturated carbocycles. The molecule has 0 unspecified atom stereocenters. The molecule has 2 rings (SSSR count). The van der Waals surface area contributed by atoms with Crippen LogP contribution in [0.4, 0.5) is 5.82 Å². The maximum absolute atomic E-state index is 4.78. The Morgan fingerprint density at radius 2 is 2.35 bits per heavy atom. The van der Waals surface area contributed by atoms with Crippen LogP contribution in [0.3, 0.4) is 0 Å². The van der Waals surface area contributed by atoms with Crippen LogP contribution in [0.5, 0.6) is 0 Å². The van der Waals surface area contributed by atoms with E-state index in [-0.39, 0.29) is 0 Å². The third-order valence-electron chi connectivity index (χ3n) is 2.05. The highest BCUT2D eigenvalue weighted by Gasteiger charge is 2.11. The van der Waals surface area contributed by atoms with Gasteiger partial charge in [0.1, 0.15) is 10.8 Å². The highest BCUT2D eigenvalue weighted by Crippen LogP contribution is 2.31. The van der Waals surface area contributed by atoms with Crippen LogP contribution < -0.4 is 5.32 Å². The Balaban J connectivity index is 2.48. The van der Waals surface area contributed by atoms with Gasteiger partial charge in [-0.05, 0) is 28.4 Å². The number of aryl methyl sites for hydroxylation is 1. The molecule has 4 nitrogen and oxygen atoms in total. The Morgan fingerprint density at radius 3 is 3.00 bits per heavy atom. The largest absolute Gasteiger partial charge is 0.337 e. The molecule has 0 amide bonds. The zero-order valence-electron chi connectivity index (χ0n) is 8.98. The Morgan fingerprint density at radius 1 is 1.53 bits per heavy atom. The van der Waals surface area contributed by atoms with Crippen molar-refractivity contribution in [1.82, 2.24) is 15.2 Å². The smallest absolute Gasteiger partial charge is 0.151 e. The van der Waals surface area contributed by atoms with Crippen LogP contribution in [-0.4, -0.2) is 20.7 Å². The van der Waals surface area contributed by atoms with E-state index in [1.54, 1.807) is 17.5 Å². The quantitative estimate of drug-likeness (QED) is 0.873. The molecule has 0 aliphatic carbocycles. The zero-order chi connectivity index (χ0) is 12.3. The number of halogens is 1. The average molecular weight is 329 g/mol. The van der Waals surface area contributed by atoms with Gasteiger partial charge in [0.05, 0.1) is 11.1 Å². The minimum atomic E-state index is 0.696. The zero-order valence-corrected chi connectivity index (χ0v) is 12.2. The number of nitrogens with one attached hydrogen (secondary N) is 1. The van der Waals surface area contributed by atoms with E-state index in [2.05, 4.69) is 43.4 Å². The number of nitrogens with zero attached hydrogens (tertiary/aromatic N) is 3. The predicted molar refractivity (Wildman–Crippen MR) is 77.5 cm³/mol. The maximum atomic E-state index is 4.78. The summed E-state index contributed by atoms with van der Waals surface area (Å²) < 4.78 is 0.899. The van der Waals surface area contributed by atoms with Gasteiger partial charge in [0.15, 0.2) is 5.01 Å². The first-order valence-electron chi connectivity index (χ1n) is 4.93. The van der Waals surface area contributed by atoms with Crippen LogP contribution in [0.25, 0.3) is 10.6 Å². The van der Waals surface area contributed by atoms with E-state index in [4.69, 9.17) is 12.2 Å². The first-order chi connectivity index (χ1) is 8.24. The van der Waals surface area contributed by atoms with Crippen molar-refractivity contribution in [3.63, 3.8) is 0 Å². The number of anilines is 1. The summed E-state index contributed by atoms with van der Waals surface area (Å²) in [5, 5.41) is 13.0. The standard InChI is InChI=1S/C10H9BrN4S2/c1-2-8-14-15-10(17-8)7-3-6(11)4-12-9(7)13-5-16/h3-5H,2H2,1H3,(H,12,13,16). The summed E-state index contributed by atoms with van der Waals surface area (Å²) >= 11 is 9.75. The normalized spacial score (nSPS) is 10.2. The Bertz CT molecular complexity index is 541. The van der Waals surface area contributed by atoms with Gasteiger partial charge in [0.2, 0.25) is 0 Å². The number of thiocarbonyl (C=S) groups is 1. The molecule has 2 aromatic heterocycles. The summed E-state index contributed by atoms with van der Waals surface area (Å²) in [5.41, 5.74) is 2.33. The van der Waals surface area contributed by atoms with Gasteiger partial charge in [-0.3, -0.25) is 0 Å².